The second-order valence-corrected chi connectivity index (χ2v) is 2.32. The fourth-order valence-electron chi connectivity index (χ4n) is 0.984. The molecule has 1 saturated heterocycles. The van der Waals surface area contributed by atoms with Gasteiger partial charge in [0.05, 0.1) is 25.4 Å². The van der Waals surface area contributed by atoms with Crippen molar-refractivity contribution in [3.8, 4) is 0 Å². The minimum atomic E-state index is 0.138. The molecular formula is C6H13NO2. The SMILES string of the molecule is C[C@@H]1OCCN[C@@H]1CO. The highest BCUT2D eigenvalue weighted by Gasteiger charge is 2.19. The van der Waals surface area contributed by atoms with Crippen LogP contribution in [0.3, 0.4) is 0 Å². The first-order valence-electron chi connectivity index (χ1n) is 3.30. The average molecular weight is 131 g/mol. The number of aliphatic hydroxyl groups excluding tert-OH is 1. The Morgan fingerprint density at radius 1 is 1.78 bits per heavy atom. The molecule has 0 radical (unpaired) electrons. The molecule has 1 fully saturated rings. The highest BCUT2D eigenvalue weighted by Crippen LogP contribution is 2.01. The third-order valence-corrected chi connectivity index (χ3v) is 1.65. The Morgan fingerprint density at radius 2 is 2.56 bits per heavy atom. The van der Waals surface area contributed by atoms with E-state index in [1.807, 2.05) is 6.92 Å². The van der Waals surface area contributed by atoms with Gasteiger partial charge in [-0.3, -0.25) is 0 Å². The predicted octanol–water partition coefficient (Wildman–Crippen LogP) is -0.644. The summed E-state index contributed by atoms with van der Waals surface area (Å²) in [5, 5.41) is 11.9. The van der Waals surface area contributed by atoms with Crippen LogP contribution < -0.4 is 5.32 Å². The van der Waals surface area contributed by atoms with Gasteiger partial charge in [-0.2, -0.15) is 0 Å². The van der Waals surface area contributed by atoms with Crippen molar-refractivity contribution in [3.63, 3.8) is 0 Å². The van der Waals surface area contributed by atoms with Crippen molar-refractivity contribution in [2.24, 2.45) is 0 Å². The quantitative estimate of drug-likeness (QED) is 0.497. The highest BCUT2D eigenvalue weighted by molar-refractivity contribution is 4.75. The summed E-state index contributed by atoms with van der Waals surface area (Å²) in [7, 11) is 0. The smallest absolute Gasteiger partial charge is 0.0723 e. The average Bonchev–Trinajstić information content (AvgIpc) is 1.89. The summed E-state index contributed by atoms with van der Waals surface area (Å²) in [6, 6.07) is 0.138. The Balaban J connectivity index is 2.30. The fraction of sp³-hybridized carbons (Fsp3) is 1.00. The summed E-state index contributed by atoms with van der Waals surface area (Å²) in [5.74, 6) is 0. The highest BCUT2D eigenvalue weighted by atomic mass is 16.5. The lowest BCUT2D eigenvalue weighted by molar-refractivity contribution is -0.00795. The maximum absolute atomic E-state index is 8.72. The molecule has 0 aliphatic carbocycles. The Kier molecular flexibility index (Phi) is 2.45. The third kappa shape index (κ3) is 1.64. The van der Waals surface area contributed by atoms with Gasteiger partial charge < -0.3 is 15.2 Å². The van der Waals surface area contributed by atoms with Crippen LogP contribution in [0.2, 0.25) is 0 Å². The molecule has 0 bridgehead atoms. The van der Waals surface area contributed by atoms with Gasteiger partial charge in [0.1, 0.15) is 0 Å². The van der Waals surface area contributed by atoms with Gasteiger partial charge in [0.25, 0.3) is 0 Å². The zero-order chi connectivity index (χ0) is 6.69. The number of hydrogen-bond donors (Lipinski definition) is 2. The van der Waals surface area contributed by atoms with Crippen molar-refractivity contribution in [1.82, 2.24) is 5.32 Å². The summed E-state index contributed by atoms with van der Waals surface area (Å²) >= 11 is 0. The largest absolute Gasteiger partial charge is 0.395 e. The van der Waals surface area contributed by atoms with Crippen molar-refractivity contribution < 1.29 is 9.84 Å². The van der Waals surface area contributed by atoms with Crippen molar-refractivity contribution in [2.75, 3.05) is 19.8 Å². The molecule has 1 rings (SSSR count). The summed E-state index contributed by atoms with van der Waals surface area (Å²) < 4.78 is 5.26. The van der Waals surface area contributed by atoms with E-state index in [4.69, 9.17) is 9.84 Å². The molecule has 1 aliphatic heterocycles. The summed E-state index contributed by atoms with van der Waals surface area (Å²) in [5.41, 5.74) is 0. The van der Waals surface area contributed by atoms with E-state index in [-0.39, 0.29) is 18.8 Å². The van der Waals surface area contributed by atoms with Crippen LogP contribution in [0.25, 0.3) is 0 Å². The van der Waals surface area contributed by atoms with Gasteiger partial charge in [0, 0.05) is 6.54 Å². The van der Waals surface area contributed by atoms with E-state index in [1.54, 1.807) is 0 Å². The van der Waals surface area contributed by atoms with E-state index in [9.17, 15) is 0 Å². The van der Waals surface area contributed by atoms with Crippen LogP contribution >= 0.6 is 0 Å². The number of ether oxygens (including phenoxy) is 1. The monoisotopic (exact) mass is 131 g/mol. The van der Waals surface area contributed by atoms with E-state index in [0.29, 0.717) is 0 Å². The van der Waals surface area contributed by atoms with E-state index >= 15 is 0 Å². The van der Waals surface area contributed by atoms with Gasteiger partial charge in [-0.1, -0.05) is 0 Å². The molecule has 3 heteroatoms. The number of rotatable bonds is 1. The summed E-state index contributed by atoms with van der Waals surface area (Å²) in [6.45, 7) is 3.75. The number of morpholine rings is 1. The van der Waals surface area contributed by atoms with E-state index in [2.05, 4.69) is 5.32 Å². The van der Waals surface area contributed by atoms with Crippen LogP contribution in [-0.2, 0) is 4.74 Å². The van der Waals surface area contributed by atoms with Crippen molar-refractivity contribution in [1.29, 1.82) is 0 Å². The van der Waals surface area contributed by atoms with Crippen molar-refractivity contribution >= 4 is 0 Å². The zero-order valence-electron chi connectivity index (χ0n) is 5.63. The molecule has 2 N–H and O–H groups in total. The molecule has 2 atom stereocenters. The summed E-state index contributed by atoms with van der Waals surface area (Å²) in [6.07, 6.45) is 0.156. The lowest BCUT2D eigenvalue weighted by Crippen LogP contribution is -2.48. The molecule has 0 spiro atoms. The van der Waals surface area contributed by atoms with Crippen LogP contribution in [0, 0.1) is 0 Å². The van der Waals surface area contributed by atoms with Gasteiger partial charge in [-0.05, 0) is 6.92 Å². The molecule has 0 aromatic heterocycles. The Bertz CT molecular complexity index is 87.1. The molecule has 54 valence electrons. The molecular weight excluding hydrogens is 118 g/mol. The molecule has 0 saturated carbocycles. The molecule has 9 heavy (non-hydrogen) atoms. The third-order valence-electron chi connectivity index (χ3n) is 1.65. The van der Waals surface area contributed by atoms with Gasteiger partial charge in [0.2, 0.25) is 0 Å². The topological polar surface area (TPSA) is 41.5 Å². The molecule has 0 amide bonds. The molecule has 0 aromatic carbocycles. The maximum atomic E-state index is 8.72. The normalized spacial score (nSPS) is 36.7. The molecule has 1 heterocycles. The first-order valence-corrected chi connectivity index (χ1v) is 3.30. The Morgan fingerprint density at radius 3 is 3.00 bits per heavy atom. The first-order chi connectivity index (χ1) is 4.34. The number of hydrogen-bond acceptors (Lipinski definition) is 3. The van der Waals surface area contributed by atoms with Crippen LogP contribution in [0.4, 0.5) is 0 Å². The van der Waals surface area contributed by atoms with Crippen molar-refractivity contribution in [3.05, 3.63) is 0 Å². The minimum Gasteiger partial charge on any atom is -0.395 e. The minimum absolute atomic E-state index is 0.138. The van der Waals surface area contributed by atoms with Crippen LogP contribution in [0.15, 0.2) is 0 Å². The molecule has 3 nitrogen and oxygen atoms in total. The summed E-state index contributed by atoms with van der Waals surface area (Å²) in [4.78, 5) is 0. The van der Waals surface area contributed by atoms with Crippen LogP contribution in [0.1, 0.15) is 6.92 Å². The van der Waals surface area contributed by atoms with Gasteiger partial charge >= 0.3 is 0 Å². The molecule has 1 aliphatic rings. The Hall–Kier alpha value is -0.120. The number of nitrogens with one attached hydrogen (secondary N) is 1. The standard InChI is InChI=1S/C6H13NO2/c1-5-6(4-8)7-2-3-9-5/h5-8H,2-4H2,1H3/t5-,6+/m0/s1. The van der Waals surface area contributed by atoms with Crippen molar-refractivity contribution in [2.45, 2.75) is 19.1 Å². The second-order valence-electron chi connectivity index (χ2n) is 2.32. The number of aliphatic hydroxyl groups is 1. The fourth-order valence-corrected chi connectivity index (χ4v) is 0.984. The predicted molar refractivity (Wildman–Crippen MR) is 34.3 cm³/mol. The lowest BCUT2D eigenvalue weighted by atomic mass is 10.2. The second kappa shape index (κ2) is 3.15. The lowest BCUT2D eigenvalue weighted by Gasteiger charge is -2.28. The first kappa shape index (κ1) is 6.99. The van der Waals surface area contributed by atoms with Gasteiger partial charge in [0.15, 0.2) is 0 Å². The van der Waals surface area contributed by atoms with Crippen LogP contribution in [0.5, 0.6) is 0 Å². The molecule has 0 aromatic rings. The van der Waals surface area contributed by atoms with Crippen LogP contribution in [-0.4, -0.2) is 37.0 Å². The van der Waals surface area contributed by atoms with Gasteiger partial charge in [-0.15, -0.1) is 0 Å². The van der Waals surface area contributed by atoms with E-state index in [1.165, 1.54) is 0 Å². The zero-order valence-corrected chi connectivity index (χ0v) is 5.63. The van der Waals surface area contributed by atoms with E-state index in [0.717, 1.165) is 13.2 Å². The molecule has 0 unspecified atom stereocenters. The Labute approximate surface area is 55.0 Å². The van der Waals surface area contributed by atoms with Gasteiger partial charge in [-0.25, -0.2) is 0 Å². The maximum Gasteiger partial charge on any atom is 0.0723 e. The van der Waals surface area contributed by atoms with E-state index < -0.39 is 0 Å².